The van der Waals surface area contributed by atoms with E-state index in [9.17, 15) is 4.79 Å². The summed E-state index contributed by atoms with van der Waals surface area (Å²) in [5.41, 5.74) is 0.522. The SMILES string of the molecule is O=C(c1cnc[nH]1)N1CCC[C@@H](CO)C1. The van der Waals surface area contributed by atoms with Gasteiger partial charge in [-0.05, 0) is 18.8 Å². The Labute approximate surface area is 88.1 Å². The third-order valence-electron chi connectivity index (χ3n) is 2.79. The molecule has 1 amide bonds. The van der Waals surface area contributed by atoms with Crippen molar-refractivity contribution in [1.29, 1.82) is 0 Å². The van der Waals surface area contributed by atoms with E-state index in [1.807, 2.05) is 0 Å². The Balaban J connectivity index is 2.01. The Kier molecular flexibility index (Phi) is 3.01. The van der Waals surface area contributed by atoms with E-state index in [0.717, 1.165) is 19.4 Å². The lowest BCUT2D eigenvalue weighted by Crippen LogP contribution is -2.41. The first-order chi connectivity index (χ1) is 7.31. The number of rotatable bonds is 2. The van der Waals surface area contributed by atoms with Gasteiger partial charge in [-0.1, -0.05) is 0 Å². The van der Waals surface area contributed by atoms with E-state index in [4.69, 9.17) is 5.11 Å². The van der Waals surface area contributed by atoms with Crippen molar-refractivity contribution >= 4 is 5.91 Å². The standard InChI is InChI=1S/C10H15N3O2/c14-6-8-2-1-3-13(5-8)10(15)9-4-11-7-12-9/h4,7-8,14H,1-3,5-6H2,(H,11,12)/t8-/m1/s1. The van der Waals surface area contributed by atoms with Crippen LogP contribution >= 0.6 is 0 Å². The molecule has 1 atom stereocenters. The fraction of sp³-hybridized carbons (Fsp3) is 0.600. The zero-order valence-electron chi connectivity index (χ0n) is 8.52. The molecular formula is C10H15N3O2. The summed E-state index contributed by atoms with van der Waals surface area (Å²) < 4.78 is 0. The lowest BCUT2D eigenvalue weighted by molar-refractivity contribution is 0.0615. The molecule has 1 aromatic heterocycles. The third-order valence-corrected chi connectivity index (χ3v) is 2.79. The number of carbonyl (C=O) groups is 1. The van der Waals surface area contributed by atoms with Crippen LogP contribution in [0.3, 0.4) is 0 Å². The number of aromatic nitrogens is 2. The summed E-state index contributed by atoms with van der Waals surface area (Å²) in [5, 5.41) is 9.06. The van der Waals surface area contributed by atoms with Crippen molar-refractivity contribution < 1.29 is 9.90 Å². The molecular weight excluding hydrogens is 194 g/mol. The number of nitrogens with zero attached hydrogens (tertiary/aromatic N) is 2. The molecule has 2 heterocycles. The number of imidazole rings is 1. The lowest BCUT2D eigenvalue weighted by Gasteiger charge is -2.31. The second-order valence-corrected chi connectivity index (χ2v) is 3.91. The van der Waals surface area contributed by atoms with E-state index in [1.54, 1.807) is 4.90 Å². The van der Waals surface area contributed by atoms with Gasteiger partial charge >= 0.3 is 0 Å². The van der Waals surface area contributed by atoms with Crippen molar-refractivity contribution in [2.75, 3.05) is 19.7 Å². The highest BCUT2D eigenvalue weighted by molar-refractivity contribution is 5.92. The number of amides is 1. The molecule has 0 spiro atoms. The zero-order valence-corrected chi connectivity index (χ0v) is 8.52. The Bertz CT molecular complexity index is 323. The van der Waals surface area contributed by atoms with Crippen molar-refractivity contribution in [3.63, 3.8) is 0 Å². The van der Waals surface area contributed by atoms with E-state index in [-0.39, 0.29) is 18.4 Å². The van der Waals surface area contributed by atoms with Crippen molar-refractivity contribution in [3.8, 4) is 0 Å². The molecule has 1 aliphatic rings. The average molecular weight is 209 g/mol. The van der Waals surface area contributed by atoms with Gasteiger partial charge in [0, 0.05) is 19.7 Å². The van der Waals surface area contributed by atoms with Gasteiger partial charge in [-0.25, -0.2) is 4.98 Å². The van der Waals surface area contributed by atoms with Crippen LogP contribution in [-0.2, 0) is 0 Å². The lowest BCUT2D eigenvalue weighted by atomic mass is 9.99. The Morgan fingerprint density at radius 3 is 3.27 bits per heavy atom. The van der Waals surface area contributed by atoms with Crippen molar-refractivity contribution in [2.24, 2.45) is 5.92 Å². The number of piperidine rings is 1. The van der Waals surface area contributed by atoms with Gasteiger partial charge in [-0.2, -0.15) is 0 Å². The molecule has 5 heteroatoms. The van der Waals surface area contributed by atoms with Gasteiger partial charge in [0.1, 0.15) is 5.69 Å². The van der Waals surface area contributed by atoms with Crippen LogP contribution in [0.2, 0.25) is 0 Å². The van der Waals surface area contributed by atoms with Gasteiger partial charge in [0.05, 0.1) is 12.5 Å². The largest absolute Gasteiger partial charge is 0.396 e. The van der Waals surface area contributed by atoms with Crippen LogP contribution < -0.4 is 0 Å². The van der Waals surface area contributed by atoms with E-state index in [0.29, 0.717) is 12.2 Å². The maximum absolute atomic E-state index is 11.9. The average Bonchev–Trinajstić information content (AvgIpc) is 2.81. The highest BCUT2D eigenvalue weighted by Crippen LogP contribution is 2.17. The molecule has 15 heavy (non-hydrogen) atoms. The molecule has 0 aromatic carbocycles. The van der Waals surface area contributed by atoms with Gasteiger partial charge in [0.2, 0.25) is 0 Å². The Morgan fingerprint density at radius 1 is 1.73 bits per heavy atom. The predicted molar refractivity (Wildman–Crippen MR) is 54.3 cm³/mol. The van der Waals surface area contributed by atoms with E-state index in [1.165, 1.54) is 12.5 Å². The first-order valence-electron chi connectivity index (χ1n) is 5.19. The summed E-state index contributed by atoms with van der Waals surface area (Å²) in [6.07, 6.45) is 5.00. The van der Waals surface area contributed by atoms with Crippen LogP contribution in [0.5, 0.6) is 0 Å². The van der Waals surface area contributed by atoms with Crippen LogP contribution in [0, 0.1) is 5.92 Å². The summed E-state index contributed by atoms with van der Waals surface area (Å²) in [6, 6.07) is 0. The molecule has 0 saturated carbocycles. The Hall–Kier alpha value is -1.36. The maximum atomic E-state index is 11.9. The smallest absolute Gasteiger partial charge is 0.271 e. The van der Waals surface area contributed by atoms with Crippen LogP contribution in [0.15, 0.2) is 12.5 Å². The summed E-state index contributed by atoms with van der Waals surface area (Å²) in [4.78, 5) is 20.3. The molecule has 1 aromatic rings. The monoisotopic (exact) mass is 209 g/mol. The van der Waals surface area contributed by atoms with E-state index < -0.39 is 0 Å². The number of aliphatic hydroxyl groups is 1. The summed E-state index contributed by atoms with van der Waals surface area (Å²) in [6.45, 7) is 1.58. The molecule has 2 rings (SSSR count). The summed E-state index contributed by atoms with van der Waals surface area (Å²) in [5.74, 6) is 0.205. The maximum Gasteiger partial charge on any atom is 0.271 e. The van der Waals surface area contributed by atoms with Gasteiger partial charge in [-0.3, -0.25) is 4.79 Å². The Morgan fingerprint density at radius 2 is 2.60 bits per heavy atom. The van der Waals surface area contributed by atoms with Gasteiger partial charge in [0.15, 0.2) is 0 Å². The number of H-pyrrole nitrogens is 1. The fourth-order valence-corrected chi connectivity index (χ4v) is 1.94. The molecule has 1 aliphatic heterocycles. The molecule has 0 aliphatic carbocycles. The number of carbonyl (C=O) groups excluding carboxylic acids is 1. The molecule has 5 nitrogen and oxygen atoms in total. The van der Waals surface area contributed by atoms with Crippen molar-refractivity contribution in [1.82, 2.24) is 14.9 Å². The minimum Gasteiger partial charge on any atom is -0.396 e. The summed E-state index contributed by atoms with van der Waals surface area (Å²) >= 11 is 0. The highest BCUT2D eigenvalue weighted by atomic mass is 16.3. The minimum absolute atomic E-state index is 0.0225. The number of hydrogen-bond acceptors (Lipinski definition) is 3. The molecule has 1 saturated heterocycles. The van der Waals surface area contributed by atoms with Crippen molar-refractivity contribution in [3.05, 3.63) is 18.2 Å². The first-order valence-corrected chi connectivity index (χ1v) is 5.19. The van der Waals surface area contributed by atoms with E-state index >= 15 is 0 Å². The van der Waals surface area contributed by atoms with Crippen LogP contribution in [0.25, 0.3) is 0 Å². The highest BCUT2D eigenvalue weighted by Gasteiger charge is 2.24. The molecule has 0 unspecified atom stereocenters. The fourth-order valence-electron chi connectivity index (χ4n) is 1.94. The van der Waals surface area contributed by atoms with Gasteiger partial charge in [0.25, 0.3) is 5.91 Å². The number of nitrogens with one attached hydrogen (secondary N) is 1. The molecule has 1 fully saturated rings. The predicted octanol–water partition coefficient (Wildman–Crippen LogP) is 0.254. The second kappa shape index (κ2) is 4.44. The third kappa shape index (κ3) is 2.18. The normalized spacial score (nSPS) is 21.7. The van der Waals surface area contributed by atoms with Gasteiger partial charge < -0.3 is 15.0 Å². The van der Waals surface area contributed by atoms with Crippen LogP contribution in [0.4, 0.5) is 0 Å². The quantitative estimate of drug-likeness (QED) is 0.733. The summed E-state index contributed by atoms with van der Waals surface area (Å²) in [7, 11) is 0. The minimum atomic E-state index is -0.0225. The molecule has 82 valence electrons. The molecule has 0 bridgehead atoms. The number of aliphatic hydroxyl groups excluding tert-OH is 1. The van der Waals surface area contributed by atoms with Crippen LogP contribution in [0.1, 0.15) is 23.3 Å². The zero-order chi connectivity index (χ0) is 10.7. The molecule has 0 radical (unpaired) electrons. The molecule has 2 N–H and O–H groups in total. The number of aromatic amines is 1. The van der Waals surface area contributed by atoms with Crippen LogP contribution in [-0.4, -0.2) is 45.6 Å². The topological polar surface area (TPSA) is 69.2 Å². The van der Waals surface area contributed by atoms with Gasteiger partial charge in [-0.15, -0.1) is 0 Å². The number of likely N-dealkylation sites (tertiary alicyclic amines) is 1. The first kappa shape index (κ1) is 10.2. The second-order valence-electron chi connectivity index (χ2n) is 3.91. The van der Waals surface area contributed by atoms with Crippen molar-refractivity contribution in [2.45, 2.75) is 12.8 Å². The number of hydrogen-bond donors (Lipinski definition) is 2. The van der Waals surface area contributed by atoms with E-state index in [2.05, 4.69) is 9.97 Å².